The lowest BCUT2D eigenvalue weighted by atomic mass is 9.99. The highest BCUT2D eigenvalue weighted by Gasteiger charge is 2.08. The third-order valence-corrected chi connectivity index (χ3v) is 2.98. The Morgan fingerprint density at radius 2 is 1.87 bits per heavy atom. The second kappa shape index (κ2) is 5.92. The maximum absolute atomic E-state index is 3.58. The molecule has 1 rings (SSSR count). The van der Waals surface area contributed by atoms with Crippen molar-refractivity contribution in [2.45, 2.75) is 46.6 Å². The third kappa shape index (κ3) is 3.35. The van der Waals surface area contributed by atoms with Crippen molar-refractivity contribution in [1.82, 2.24) is 5.32 Å². The van der Waals surface area contributed by atoms with Gasteiger partial charge in [0.15, 0.2) is 0 Å². The van der Waals surface area contributed by atoms with Gasteiger partial charge in [-0.1, -0.05) is 32.0 Å². The molecule has 0 aliphatic carbocycles. The summed E-state index contributed by atoms with van der Waals surface area (Å²) >= 11 is 0. The van der Waals surface area contributed by atoms with Crippen molar-refractivity contribution < 1.29 is 0 Å². The molecular formula is C14H23N. The zero-order valence-corrected chi connectivity index (χ0v) is 10.4. The number of hydrogen-bond acceptors (Lipinski definition) is 1. The molecule has 1 aromatic carbocycles. The van der Waals surface area contributed by atoms with Crippen LogP contribution < -0.4 is 5.32 Å². The lowest BCUT2D eigenvalue weighted by Gasteiger charge is -2.18. The molecule has 0 amide bonds. The Hall–Kier alpha value is -0.820. The number of nitrogens with one attached hydrogen (secondary N) is 1. The van der Waals surface area contributed by atoms with E-state index in [1.807, 2.05) is 0 Å². The number of rotatable bonds is 5. The standard InChI is InChI=1S/C14H23N/c1-5-9-15-14(6-2)13-8-7-11(3)12(4)10-13/h7-8,10,14-15H,5-6,9H2,1-4H3. The first-order chi connectivity index (χ1) is 7.19. The van der Waals surface area contributed by atoms with Gasteiger partial charge in [0.25, 0.3) is 0 Å². The molecule has 1 atom stereocenters. The van der Waals surface area contributed by atoms with Crippen molar-refractivity contribution in [3.63, 3.8) is 0 Å². The quantitative estimate of drug-likeness (QED) is 0.772. The van der Waals surface area contributed by atoms with Crippen molar-refractivity contribution in [2.75, 3.05) is 6.54 Å². The average Bonchev–Trinajstić information content (AvgIpc) is 2.24. The molecule has 1 aromatic rings. The Morgan fingerprint density at radius 1 is 1.13 bits per heavy atom. The number of hydrogen-bond donors (Lipinski definition) is 1. The largest absolute Gasteiger partial charge is 0.310 e. The summed E-state index contributed by atoms with van der Waals surface area (Å²) in [6.07, 6.45) is 2.35. The lowest BCUT2D eigenvalue weighted by Crippen LogP contribution is -2.21. The van der Waals surface area contributed by atoms with E-state index in [2.05, 4.69) is 51.2 Å². The van der Waals surface area contributed by atoms with Crippen LogP contribution >= 0.6 is 0 Å². The van der Waals surface area contributed by atoms with Crippen LogP contribution in [0.4, 0.5) is 0 Å². The Morgan fingerprint density at radius 3 is 2.40 bits per heavy atom. The second-order valence-electron chi connectivity index (χ2n) is 4.26. The van der Waals surface area contributed by atoms with Gasteiger partial charge in [0, 0.05) is 6.04 Å². The Kier molecular flexibility index (Phi) is 4.83. The summed E-state index contributed by atoms with van der Waals surface area (Å²) in [6.45, 7) is 9.90. The fraction of sp³-hybridized carbons (Fsp3) is 0.571. The van der Waals surface area contributed by atoms with Crippen LogP contribution in [-0.2, 0) is 0 Å². The fourth-order valence-electron chi connectivity index (χ4n) is 1.80. The summed E-state index contributed by atoms with van der Waals surface area (Å²) in [4.78, 5) is 0. The van der Waals surface area contributed by atoms with E-state index >= 15 is 0 Å². The van der Waals surface area contributed by atoms with Gasteiger partial charge < -0.3 is 5.32 Å². The predicted molar refractivity (Wildman–Crippen MR) is 67.2 cm³/mol. The molecule has 1 N–H and O–H groups in total. The molecule has 1 heteroatoms. The zero-order chi connectivity index (χ0) is 11.3. The van der Waals surface area contributed by atoms with Gasteiger partial charge in [-0.2, -0.15) is 0 Å². The molecule has 0 bridgehead atoms. The second-order valence-corrected chi connectivity index (χ2v) is 4.26. The van der Waals surface area contributed by atoms with Gasteiger partial charge in [0.2, 0.25) is 0 Å². The normalized spacial score (nSPS) is 12.8. The first-order valence-corrected chi connectivity index (χ1v) is 5.99. The Balaban J connectivity index is 2.78. The van der Waals surface area contributed by atoms with E-state index in [-0.39, 0.29) is 0 Å². The van der Waals surface area contributed by atoms with Crippen LogP contribution in [0.15, 0.2) is 18.2 Å². The molecule has 0 heterocycles. The van der Waals surface area contributed by atoms with Crippen LogP contribution in [0.2, 0.25) is 0 Å². The van der Waals surface area contributed by atoms with E-state index < -0.39 is 0 Å². The molecule has 0 saturated carbocycles. The van der Waals surface area contributed by atoms with E-state index in [9.17, 15) is 0 Å². The van der Waals surface area contributed by atoms with Crippen LogP contribution in [0.5, 0.6) is 0 Å². The van der Waals surface area contributed by atoms with Crippen LogP contribution in [-0.4, -0.2) is 6.54 Å². The van der Waals surface area contributed by atoms with Gasteiger partial charge in [-0.3, -0.25) is 0 Å². The van der Waals surface area contributed by atoms with Crippen LogP contribution in [0.1, 0.15) is 49.4 Å². The van der Waals surface area contributed by atoms with Gasteiger partial charge in [0.1, 0.15) is 0 Å². The highest BCUT2D eigenvalue weighted by atomic mass is 14.9. The molecule has 0 aliphatic rings. The van der Waals surface area contributed by atoms with Crippen molar-refractivity contribution in [2.24, 2.45) is 0 Å². The summed E-state index contributed by atoms with van der Waals surface area (Å²) < 4.78 is 0. The van der Waals surface area contributed by atoms with E-state index in [4.69, 9.17) is 0 Å². The minimum absolute atomic E-state index is 0.518. The molecule has 84 valence electrons. The van der Waals surface area contributed by atoms with E-state index in [1.165, 1.54) is 23.1 Å². The van der Waals surface area contributed by atoms with Gasteiger partial charge in [-0.05, 0) is 49.9 Å². The Bertz CT molecular complexity index is 304. The Labute approximate surface area is 93.9 Å². The monoisotopic (exact) mass is 205 g/mol. The zero-order valence-electron chi connectivity index (χ0n) is 10.4. The molecule has 0 radical (unpaired) electrons. The summed E-state index contributed by atoms with van der Waals surface area (Å²) in [5.41, 5.74) is 4.20. The topological polar surface area (TPSA) is 12.0 Å². The van der Waals surface area contributed by atoms with Crippen LogP contribution in [0, 0.1) is 13.8 Å². The van der Waals surface area contributed by atoms with Crippen molar-refractivity contribution in [3.05, 3.63) is 34.9 Å². The molecule has 0 saturated heterocycles. The highest BCUT2D eigenvalue weighted by molar-refractivity contribution is 5.31. The maximum Gasteiger partial charge on any atom is 0.0317 e. The SMILES string of the molecule is CCCNC(CC)c1ccc(C)c(C)c1. The highest BCUT2D eigenvalue weighted by Crippen LogP contribution is 2.19. The van der Waals surface area contributed by atoms with Crippen LogP contribution in [0.25, 0.3) is 0 Å². The molecular weight excluding hydrogens is 182 g/mol. The molecule has 0 fully saturated rings. The molecule has 1 nitrogen and oxygen atoms in total. The van der Waals surface area contributed by atoms with Gasteiger partial charge in [-0.25, -0.2) is 0 Å². The molecule has 0 aromatic heterocycles. The third-order valence-electron chi connectivity index (χ3n) is 2.98. The van der Waals surface area contributed by atoms with Crippen molar-refractivity contribution >= 4 is 0 Å². The first-order valence-electron chi connectivity index (χ1n) is 5.99. The van der Waals surface area contributed by atoms with Gasteiger partial charge >= 0.3 is 0 Å². The summed E-state index contributed by atoms with van der Waals surface area (Å²) in [7, 11) is 0. The molecule has 1 unspecified atom stereocenters. The number of benzene rings is 1. The number of aryl methyl sites for hydroxylation is 2. The van der Waals surface area contributed by atoms with Crippen LogP contribution in [0.3, 0.4) is 0 Å². The smallest absolute Gasteiger partial charge is 0.0317 e. The predicted octanol–water partition coefficient (Wildman–Crippen LogP) is 3.75. The van der Waals surface area contributed by atoms with Gasteiger partial charge in [0.05, 0.1) is 0 Å². The fourth-order valence-corrected chi connectivity index (χ4v) is 1.80. The molecule has 15 heavy (non-hydrogen) atoms. The first kappa shape index (κ1) is 12.3. The maximum atomic E-state index is 3.58. The minimum Gasteiger partial charge on any atom is -0.310 e. The van der Waals surface area contributed by atoms with E-state index in [1.54, 1.807) is 0 Å². The van der Waals surface area contributed by atoms with Gasteiger partial charge in [-0.15, -0.1) is 0 Å². The van der Waals surface area contributed by atoms with E-state index in [0.717, 1.165) is 13.0 Å². The van der Waals surface area contributed by atoms with E-state index in [0.29, 0.717) is 6.04 Å². The minimum atomic E-state index is 0.518. The summed E-state index contributed by atoms with van der Waals surface area (Å²) in [5, 5.41) is 3.58. The lowest BCUT2D eigenvalue weighted by molar-refractivity contribution is 0.518. The van der Waals surface area contributed by atoms with Crippen molar-refractivity contribution in [3.8, 4) is 0 Å². The summed E-state index contributed by atoms with van der Waals surface area (Å²) in [6, 6.07) is 7.30. The molecule has 0 spiro atoms. The van der Waals surface area contributed by atoms with Crippen molar-refractivity contribution in [1.29, 1.82) is 0 Å². The summed E-state index contributed by atoms with van der Waals surface area (Å²) in [5.74, 6) is 0. The average molecular weight is 205 g/mol. The molecule has 0 aliphatic heterocycles.